The molecule has 1 amide bonds. The van der Waals surface area contributed by atoms with Crippen molar-refractivity contribution in [1.82, 2.24) is 10.2 Å². The predicted octanol–water partition coefficient (Wildman–Crippen LogP) is 2.44. The fourth-order valence-corrected chi connectivity index (χ4v) is 3.00. The van der Waals surface area contributed by atoms with Crippen LogP contribution < -0.4 is 19.5 Å². The zero-order valence-electron chi connectivity index (χ0n) is 16.6. The third-order valence-corrected chi connectivity index (χ3v) is 4.58. The van der Waals surface area contributed by atoms with Crippen LogP contribution in [0.25, 0.3) is 0 Å². The molecular formula is C22H28N2O4. The Bertz CT molecular complexity index is 794. The number of aryl methyl sites for hydroxylation is 1. The van der Waals surface area contributed by atoms with Crippen molar-refractivity contribution in [2.75, 3.05) is 46.5 Å². The SMILES string of the molecule is Cc1ccccc1OCCN(C)CC(=O)NCCc1ccc2c(c1)OCCO2. The average Bonchev–Trinajstić information content (AvgIpc) is 2.69. The van der Waals surface area contributed by atoms with E-state index >= 15 is 0 Å². The molecule has 2 aromatic carbocycles. The summed E-state index contributed by atoms with van der Waals surface area (Å²) in [5, 5.41) is 2.97. The highest BCUT2D eigenvalue weighted by Crippen LogP contribution is 2.30. The smallest absolute Gasteiger partial charge is 0.234 e. The number of carbonyl (C=O) groups excluding carboxylic acids is 1. The van der Waals surface area contributed by atoms with E-state index in [1.54, 1.807) is 0 Å². The summed E-state index contributed by atoms with van der Waals surface area (Å²) in [6, 6.07) is 13.8. The van der Waals surface area contributed by atoms with Crippen molar-refractivity contribution < 1.29 is 19.0 Å². The Morgan fingerprint density at radius 1 is 1.14 bits per heavy atom. The van der Waals surface area contributed by atoms with Gasteiger partial charge in [-0.15, -0.1) is 0 Å². The van der Waals surface area contributed by atoms with Gasteiger partial charge in [0.25, 0.3) is 0 Å². The number of ether oxygens (including phenoxy) is 3. The molecule has 28 heavy (non-hydrogen) atoms. The van der Waals surface area contributed by atoms with Crippen LogP contribution in [-0.4, -0.2) is 57.3 Å². The molecule has 0 aromatic heterocycles. The monoisotopic (exact) mass is 384 g/mol. The Labute approximate surface area is 166 Å². The van der Waals surface area contributed by atoms with Crippen LogP contribution in [0.15, 0.2) is 42.5 Å². The molecule has 2 aromatic rings. The molecule has 0 aliphatic carbocycles. The van der Waals surface area contributed by atoms with Crippen molar-refractivity contribution in [3.63, 3.8) is 0 Å². The van der Waals surface area contributed by atoms with Gasteiger partial charge in [0, 0.05) is 13.1 Å². The van der Waals surface area contributed by atoms with Gasteiger partial charge >= 0.3 is 0 Å². The Balaban J connectivity index is 1.33. The largest absolute Gasteiger partial charge is 0.492 e. The number of fused-ring (bicyclic) bond motifs is 1. The van der Waals surface area contributed by atoms with Gasteiger partial charge in [0.05, 0.1) is 6.54 Å². The van der Waals surface area contributed by atoms with Crippen LogP contribution in [-0.2, 0) is 11.2 Å². The summed E-state index contributed by atoms with van der Waals surface area (Å²) in [6.07, 6.45) is 0.752. The summed E-state index contributed by atoms with van der Waals surface area (Å²) in [4.78, 5) is 14.1. The molecule has 0 fully saturated rings. The lowest BCUT2D eigenvalue weighted by Gasteiger charge is -2.19. The summed E-state index contributed by atoms with van der Waals surface area (Å²) in [6.45, 7) is 5.35. The predicted molar refractivity (Wildman–Crippen MR) is 108 cm³/mol. The van der Waals surface area contributed by atoms with Crippen molar-refractivity contribution in [2.45, 2.75) is 13.3 Å². The molecule has 0 unspecified atom stereocenters. The number of para-hydroxylation sites is 1. The molecule has 3 rings (SSSR count). The lowest BCUT2D eigenvalue weighted by atomic mass is 10.1. The maximum atomic E-state index is 12.1. The summed E-state index contributed by atoms with van der Waals surface area (Å²) in [7, 11) is 1.92. The van der Waals surface area contributed by atoms with Crippen LogP contribution in [0, 0.1) is 6.92 Å². The Morgan fingerprint density at radius 3 is 2.75 bits per heavy atom. The normalized spacial score (nSPS) is 12.7. The highest BCUT2D eigenvalue weighted by Gasteiger charge is 2.12. The van der Waals surface area contributed by atoms with E-state index in [0.717, 1.165) is 34.8 Å². The number of rotatable bonds is 9. The van der Waals surface area contributed by atoms with E-state index in [0.29, 0.717) is 39.5 Å². The van der Waals surface area contributed by atoms with Gasteiger partial charge < -0.3 is 19.5 Å². The minimum Gasteiger partial charge on any atom is -0.492 e. The van der Waals surface area contributed by atoms with Crippen molar-refractivity contribution in [2.24, 2.45) is 0 Å². The zero-order chi connectivity index (χ0) is 19.8. The Morgan fingerprint density at radius 2 is 1.93 bits per heavy atom. The van der Waals surface area contributed by atoms with Crippen molar-refractivity contribution in [1.29, 1.82) is 0 Å². The van der Waals surface area contributed by atoms with Crippen LogP contribution in [0.3, 0.4) is 0 Å². The molecule has 0 radical (unpaired) electrons. The lowest BCUT2D eigenvalue weighted by Crippen LogP contribution is -2.37. The van der Waals surface area contributed by atoms with Crippen LogP contribution in [0.2, 0.25) is 0 Å². The van der Waals surface area contributed by atoms with Crippen molar-refractivity contribution in [3.8, 4) is 17.2 Å². The van der Waals surface area contributed by atoms with E-state index in [9.17, 15) is 4.79 Å². The maximum Gasteiger partial charge on any atom is 0.234 e. The van der Waals surface area contributed by atoms with Gasteiger partial charge in [0.15, 0.2) is 11.5 Å². The first kappa shape index (κ1) is 20.0. The van der Waals surface area contributed by atoms with Crippen LogP contribution in [0.4, 0.5) is 0 Å². The number of hydrogen-bond acceptors (Lipinski definition) is 5. The number of nitrogens with one attached hydrogen (secondary N) is 1. The molecule has 0 saturated heterocycles. The third-order valence-electron chi connectivity index (χ3n) is 4.58. The van der Waals surface area contributed by atoms with Gasteiger partial charge in [-0.25, -0.2) is 0 Å². The minimum absolute atomic E-state index is 0.0101. The number of carbonyl (C=O) groups is 1. The van der Waals surface area contributed by atoms with Crippen molar-refractivity contribution >= 4 is 5.91 Å². The van der Waals surface area contributed by atoms with Gasteiger partial charge in [-0.1, -0.05) is 24.3 Å². The summed E-state index contributed by atoms with van der Waals surface area (Å²) >= 11 is 0. The molecule has 0 spiro atoms. The first-order chi connectivity index (χ1) is 13.6. The third kappa shape index (κ3) is 5.89. The fourth-order valence-electron chi connectivity index (χ4n) is 3.00. The quantitative estimate of drug-likeness (QED) is 0.720. The lowest BCUT2D eigenvalue weighted by molar-refractivity contribution is -0.121. The van der Waals surface area contributed by atoms with Gasteiger partial charge in [0.2, 0.25) is 5.91 Å². The second-order valence-electron chi connectivity index (χ2n) is 6.93. The van der Waals surface area contributed by atoms with Gasteiger partial charge in [-0.2, -0.15) is 0 Å². The molecular weight excluding hydrogens is 356 g/mol. The number of hydrogen-bond donors (Lipinski definition) is 1. The molecule has 1 aliphatic rings. The van der Waals surface area contributed by atoms with Crippen LogP contribution in [0.1, 0.15) is 11.1 Å². The number of amides is 1. The Hall–Kier alpha value is -2.73. The number of likely N-dealkylation sites (N-methyl/N-ethyl adjacent to an activating group) is 1. The second kappa shape index (κ2) is 9.99. The van der Waals surface area contributed by atoms with Gasteiger partial charge in [0.1, 0.15) is 25.6 Å². The van der Waals surface area contributed by atoms with E-state index in [1.165, 1.54) is 0 Å². The molecule has 0 atom stereocenters. The maximum absolute atomic E-state index is 12.1. The molecule has 150 valence electrons. The molecule has 6 nitrogen and oxygen atoms in total. The van der Waals surface area contributed by atoms with Gasteiger partial charge in [-0.3, -0.25) is 9.69 Å². The molecule has 1 N–H and O–H groups in total. The molecule has 0 bridgehead atoms. The summed E-state index contributed by atoms with van der Waals surface area (Å²) in [5.74, 6) is 2.47. The summed E-state index contributed by atoms with van der Waals surface area (Å²) in [5.41, 5.74) is 2.23. The fraction of sp³-hybridized carbons (Fsp3) is 0.409. The van der Waals surface area contributed by atoms with Crippen LogP contribution >= 0.6 is 0 Å². The second-order valence-corrected chi connectivity index (χ2v) is 6.93. The van der Waals surface area contributed by atoms with E-state index in [1.807, 2.05) is 61.3 Å². The number of benzene rings is 2. The summed E-state index contributed by atoms with van der Waals surface area (Å²) < 4.78 is 16.9. The molecule has 1 aliphatic heterocycles. The highest BCUT2D eigenvalue weighted by molar-refractivity contribution is 5.77. The molecule has 0 saturated carbocycles. The van der Waals surface area contributed by atoms with Crippen molar-refractivity contribution in [3.05, 3.63) is 53.6 Å². The topological polar surface area (TPSA) is 60.0 Å². The Kier molecular flexibility index (Phi) is 7.14. The van der Waals surface area contributed by atoms with E-state index < -0.39 is 0 Å². The number of nitrogens with zero attached hydrogens (tertiary/aromatic N) is 1. The van der Waals surface area contributed by atoms with Gasteiger partial charge in [-0.05, 0) is 49.7 Å². The van der Waals surface area contributed by atoms with E-state index in [4.69, 9.17) is 14.2 Å². The minimum atomic E-state index is 0.0101. The van der Waals surface area contributed by atoms with E-state index in [-0.39, 0.29) is 5.91 Å². The first-order valence-corrected chi connectivity index (χ1v) is 9.64. The highest BCUT2D eigenvalue weighted by atomic mass is 16.6. The van der Waals surface area contributed by atoms with E-state index in [2.05, 4.69) is 5.32 Å². The first-order valence-electron chi connectivity index (χ1n) is 9.64. The standard InChI is InChI=1S/C22H28N2O4/c1-17-5-3-4-6-19(17)26-12-11-24(2)16-22(25)23-10-9-18-7-8-20-21(15-18)28-14-13-27-20/h3-8,15H,9-14,16H2,1-2H3,(H,23,25). The van der Waals surface area contributed by atoms with Crippen LogP contribution in [0.5, 0.6) is 17.2 Å². The average molecular weight is 384 g/mol. The molecule has 1 heterocycles. The zero-order valence-corrected chi connectivity index (χ0v) is 16.6. The molecule has 6 heteroatoms.